The van der Waals surface area contributed by atoms with Crippen LogP contribution in [-0.4, -0.2) is 43.6 Å². The quantitative estimate of drug-likeness (QED) is 0.707. The first kappa shape index (κ1) is 17.5. The molecule has 1 saturated heterocycles. The van der Waals surface area contributed by atoms with E-state index in [0.29, 0.717) is 18.3 Å². The number of amides is 1. The summed E-state index contributed by atoms with van der Waals surface area (Å²) in [5.41, 5.74) is 1.55. The molecule has 7 nitrogen and oxygen atoms in total. The predicted molar refractivity (Wildman–Crippen MR) is 100 cm³/mol. The molecule has 3 aromatic rings. The Balaban J connectivity index is 1.51. The molecule has 1 unspecified atom stereocenters. The Labute approximate surface area is 158 Å². The van der Waals surface area contributed by atoms with E-state index in [2.05, 4.69) is 29.0 Å². The summed E-state index contributed by atoms with van der Waals surface area (Å²) in [6.45, 7) is 5.50. The summed E-state index contributed by atoms with van der Waals surface area (Å²) in [5, 5.41) is 4.09. The first-order valence-corrected chi connectivity index (χ1v) is 9.33. The number of pyridine rings is 1. The van der Waals surface area contributed by atoms with Crippen LogP contribution in [0.1, 0.15) is 55.0 Å². The highest BCUT2D eigenvalue weighted by Gasteiger charge is 2.30. The van der Waals surface area contributed by atoms with Crippen LogP contribution in [0.3, 0.4) is 0 Å². The van der Waals surface area contributed by atoms with Crippen molar-refractivity contribution in [3.63, 3.8) is 0 Å². The maximum absolute atomic E-state index is 13.0. The third-order valence-corrected chi connectivity index (χ3v) is 4.97. The van der Waals surface area contributed by atoms with E-state index in [1.165, 1.54) is 0 Å². The zero-order valence-corrected chi connectivity index (χ0v) is 15.6. The molecule has 0 aromatic carbocycles. The summed E-state index contributed by atoms with van der Waals surface area (Å²) in [4.78, 5) is 23.6. The molecule has 1 fully saturated rings. The second-order valence-corrected chi connectivity index (χ2v) is 7.18. The summed E-state index contributed by atoms with van der Waals surface area (Å²) in [5.74, 6) is 1.24. The van der Waals surface area contributed by atoms with Gasteiger partial charge in [0.1, 0.15) is 5.69 Å². The van der Waals surface area contributed by atoms with E-state index < -0.39 is 0 Å². The van der Waals surface area contributed by atoms with Crippen molar-refractivity contribution in [2.24, 2.45) is 0 Å². The van der Waals surface area contributed by atoms with Crippen LogP contribution in [0.5, 0.6) is 0 Å². The highest BCUT2D eigenvalue weighted by molar-refractivity contribution is 5.93. The molecular formula is C20H23N5O2. The van der Waals surface area contributed by atoms with E-state index in [0.717, 1.165) is 30.6 Å². The Morgan fingerprint density at radius 2 is 2.19 bits per heavy atom. The smallest absolute Gasteiger partial charge is 0.270 e. The van der Waals surface area contributed by atoms with Crippen LogP contribution in [0.15, 0.2) is 47.4 Å². The van der Waals surface area contributed by atoms with Crippen LogP contribution in [0.2, 0.25) is 0 Å². The predicted octanol–water partition coefficient (Wildman–Crippen LogP) is 3.53. The largest absolute Gasteiger partial charge is 0.341 e. The van der Waals surface area contributed by atoms with Crippen molar-refractivity contribution in [1.29, 1.82) is 0 Å². The second kappa shape index (κ2) is 7.34. The number of hydrogen-bond donors (Lipinski definition) is 0. The fourth-order valence-corrected chi connectivity index (χ4v) is 3.56. The van der Waals surface area contributed by atoms with Crippen LogP contribution in [0, 0.1) is 0 Å². The van der Waals surface area contributed by atoms with Gasteiger partial charge in [0.25, 0.3) is 5.91 Å². The zero-order valence-electron chi connectivity index (χ0n) is 15.6. The van der Waals surface area contributed by atoms with Crippen molar-refractivity contribution in [1.82, 2.24) is 24.6 Å². The molecule has 1 atom stereocenters. The summed E-state index contributed by atoms with van der Waals surface area (Å²) in [7, 11) is 0. The first-order valence-electron chi connectivity index (χ1n) is 9.33. The summed E-state index contributed by atoms with van der Waals surface area (Å²) >= 11 is 0. The molecule has 1 amide bonds. The number of piperidine rings is 1. The summed E-state index contributed by atoms with van der Waals surface area (Å²) in [6.07, 6.45) is 7.23. The number of carbonyl (C=O) groups excluding carboxylic acids is 1. The number of carbonyl (C=O) groups is 1. The fourth-order valence-electron chi connectivity index (χ4n) is 3.56. The van der Waals surface area contributed by atoms with E-state index in [-0.39, 0.29) is 17.9 Å². The number of aromatic nitrogens is 4. The van der Waals surface area contributed by atoms with Gasteiger partial charge in [-0.25, -0.2) is 0 Å². The van der Waals surface area contributed by atoms with Crippen LogP contribution in [0.25, 0.3) is 11.4 Å². The molecule has 27 heavy (non-hydrogen) atoms. The second-order valence-electron chi connectivity index (χ2n) is 7.18. The van der Waals surface area contributed by atoms with Gasteiger partial charge in [-0.15, -0.1) is 0 Å². The monoisotopic (exact) mass is 365 g/mol. The Hall–Kier alpha value is -2.96. The van der Waals surface area contributed by atoms with Crippen LogP contribution >= 0.6 is 0 Å². The third-order valence-electron chi connectivity index (χ3n) is 4.97. The molecular weight excluding hydrogens is 342 g/mol. The van der Waals surface area contributed by atoms with Crippen molar-refractivity contribution in [2.75, 3.05) is 13.1 Å². The Morgan fingerprint density at radius 3 is 2.96 bits per heavy atom. The van der Waals surface area contributed by atoms with Gasteiger partial charge in [0.05, 0.1) is 5.92 Å². The molecule has 4 rings (SSSR count). The molecule has 1 aliphatic heterocycles. The van der Waals surface area contributed by atoms with E-state index in [9.17, 15) is 4.79 Å². The van der Waals surface area contributed by atoms with Crippen LogP contribution < -0.4 is 0 Å². The number of rotatable bonds is 4. The molecule has 7 heteroatoms. The SMILES string of the molecule is CC(C)n1cccc1C(=O)N1CCCC(c2nc(-c3cccnc3)no2)C1. The average molecular weight is 365 g/mol. The van der Waals surface area contributed by atoms with Crippen LogP contribution in [-0.2, 0) is 0 Å². The molecule has 3 aromatic heterocycles. The minimum atomic E-state index is 0.0584. The number of nitrogens with zero attached hydrogens (tertiary/aromatic N) is 5. The van der Waals surface area contributed by atoms with Crippen molar-refractivity contribution in [3.8, 4) is 11.4 Å². The normalized spacial score (nSPS) is 17.4. The molecule has 1 aliphatic rings. The number of hydrogen-bond acceptors (Lipinski definition) is 5. The lowest BCUT2D eigenvalue weighted by atomic mass is 9.97. The lowest BCUT2D eigenvalue weighted by molar-refractivity contribution is 0.0683. The van der Waals surface area contributed by atoms with Gasteiger partial charge in [-0.05, 0) is 51.0 Å². The molecule has 0 saturated carbocycles. The van der Waals surface area contributed by atoms with E-state index in [1.54, 1.807) is 12.4 Å². The van der Waals surface area contributed by atoms with Crippen molar-refractivity contribution in [2.45, 2.75) is 38.6 Å². The van der Waals surface area contributed by atoms with Crippen molar-refractivity contribution >= 4 is 5.91 Å². The lowest BCUT2D eigenvalue weighted by Crippen LogP contribution is -2.40. The summed E-state index contributed by atoms with van der Waals surface area (Å²) < 4.78 is 7.52. The van der Waals surface area contributed by atoms with Gasteiger partial charge in [0, 0.05) is 43.3 Å². The van der Waals surface area contributed by atoms with E-state index >= 15 is 0 Å². The molecule has 0 spiro atoms. The van der Waals surface area contributed by atoms with Gasteiger partial charge in [-0.1, -0.05) is 5.16 Å². The molecule has 0 radical (unpaired) electrons. The Kier molecular flexibility index (Phi) is 4.75. The third kappa shape index (κ3) is 3.49. The topological polar surface area (TPSA) is 77.1 Å². The zero-order chi connectivity index (χ0) is 18.8. The number of likely N-dealkylation sites (tertiary alicyclic amines) is 1. The summed E-state index contributed by atoms with van der Waals surface area (Å²) in [6, 6.07) is 7.80. The molecule has 0 aliphatic carbocycles. The Morgan fingerprint density at radius 1 is 1.30 bits per heavy atom. The van der Waals surface area contributed by atoms with E-state index in [4.69, 9.17) is 4.52 Å². The van der Waals surface area contributed by atoms with Gasteiger partial charge in [0.2, 0.25) is 11.7 Å². The van der Waals surface area contributed by atoms with Crippen LogP contribution in [0.4, 0.5) is 0 Å². The minimum Gasteiger partial charge on any atom is -0.341 e. The lowest BCUT2D eigenvalue weighted by Gasteiger charge is -2.31. The van der Waals surface area contributed by atoms with Gasteiger partial charge in [-0.2, -0.15) is 4.98 Å². The molecule has 0 N–H and O–H groups in total. The molecule has 4 heterocycles. The molecule has 140 valence electrons. The molecule has 0 bridgehead atoms. The maximum atomic E-state index is 13.0. The minimum absolute atomic E-state index is 0.0584. The maximum Gasteiger partial charge on any atom is 0.270 e. The first-order chi connectivity index (χ1) is 13.1. The standard InChI is InChI=1S/C20H23N5O2/c1-14(2)25-11-5-8-17(25)20(26)24-10-4-7-16(13-24)19-22-18(23-27-19)15-6-3-9-21-12-15/h3,5-6,8-9,11-12,14,16H,4,7,10,13H2,1-2H3. The Bertz CT molecular complexity index is 915. The van der Waals surface area contributed by atoms with Gasteiger partial charge < -0.3 is 14.0 Å². The fraction of sp³-hybridized carbons (Fsp3) is 0.400. The van der Waals surface area contributed by atoms with Gasteiger partial charge in [0.15, 0.2) is 0 Å². The highest BCUT2D eigenvalue weighted by atomic mass is 16.5. The highest BCUT2D eigenvalue weighted by Crippen LogP contribution is 2.28. The van der Waals surface area contributed by atoms with Crippen molar-refractivity contribution in [3.05, 3.63) is 54.4 Å². The average Bonchev–Trinajstić information content (AvgIpc) is 3.38. The van der Waals surface area contributed by atoms with Gasteiger partial charge >= 0.3 is 0 Å². The van der Waals surface area contributed by atoms with Gasteiger partial charge in [-0.3, -0.25) is 9.78 Å². The van der Waals surface area contributed by atoms with E-state index in [1.807, 2.05) is 39.9 Å². The van der Waals surface area contributed by atoms with Crippen molar-refractivity contribution < 1.29 is 9.32 Å².